The van der Waals surface area contributed by atoms with Crippen molar-refractivity contribution in [3.8, 4) is 0 Å². The summed E-state index contributed by atoms with van der Waals surface area (Å²) in [5, 5.41) is 0. The molecule has 1 atom stereocenters. The SMILES string of the molecule is CC/C=C\C/C=C\C/C=C\C/C=C\C/C=C\CCC(=O)OCC(COC(=O)CC/C=C\C/C=C\CCCCCCCC)OC(=O)CCCCCCCCC/C=C\C/C=C\CC. The first-order valence-electron chi connectivity index (χ1n) is 24.4. The van der Waals surface area contributed by atoms with Gasteiger partial charge in [0.1, 0.15) is 13.2 Å². The van der Waals surface area contributed by atoms with Gasteiger partial charge in [0.2, 0.25) is 0 Å². The van der Waals surface area contributed by atoms with E-state index in [1.165, 1.54) is 57.8 Å². The Bertz CT molecular complexity index is 1290. The van der Waals surface area contributed by atoms with Crippen molar-refractivity contribution in [3.05, 3.63) is 109 Å². The molecule has 0 bridgehead atoms. The first-order chi connectivity index (χ1) is 30.0. The Morgan fingerprint density at radius 3 is 1.07 bits per heavy atom. The molecule has 0 fully saturated rings. The second-order valence-corrected chi connectivity index (χ2v) is 15.6. The van der Waals surface area contributed by atoms with Crippen LogP contribution in [0, 0.1) is 0 Å². The van der Waals surface area contributed by atoms with Gasteiger partial charge in [-0.1, -0.05) is 194 Å². The molecule has 344 valence electrons. The molecule has 0 spiro atoms. The molecule has 6 nitrogen and oxygen atoms in total. The lowest BCUT2D eigenvalue weighted by Crippen LogP contribution is -2.30. The summed E-state index contributed by atoms with van der Waals surface area (Å²) in [6, 6.07) is 0. The van der Waals surface area contributed by atoms with E-state index in [1.54, 1.807) is 0 Å². The predicted molar refractivity (Wildman–Crippen MR) is 260 cm³/mol. The van der Waals surface area contributed by atoms with E-state index in [0.29, 0.717) is 12.8 Å². The van der Waals surface area contributed by atoms with Crippen LogP contribution in [0.3, 0.4) is 0 Å². The van der Waals surface area contributed by atoms with Gasteiger partial charge in [-0.15, -0.1) is 0 Å². The average molecular weight is 845 g/mol. The number of ether oxygens (including phenoxy) is 3. The first kappa shape index (κ1) is 57.1. The van der Waals surface area contributed by atoms with Crippen molar-refractivity contribution in [2.24, 2.45) is 0 Å². The Balaban J connectivity index is 4.59. The van der Waals surface area contributed by atoms with Crippen LogP contribution in [0.25, 0.3) is 0 Å². The summed E-state index contributed by atoms with van der Waals surface area (Å²) in [5.41, 5.74) is 0. The maximum Gasteiger partial charge on any atom is 0.306 e. The van der Waals surface area contributed by atoms with E-state index < -0.39 is 6.10 Å². The maximum atomic E-state index is 12.8. The molecule has 0 saturated heterocycles. The number of hydrogen-bond donors (Lipinski definition) is 0. The Morgan fingerprint density at radius 1 is 0.344 bits per heavy atom. The van der Waals surface area contributed by atoms with Crippen molar-refractivity contribution in [3.63, 3.8) is 0 Å². The van der Waals surface area contributed by atoms with Crippen LogP contribution in [0.15, 0.2) is 109 Å². The monoisotopic (exact) mass is 845 g/mol. The summed E-state index contributed by atoms with van der Waals surface area (Å²) in [5.74, 6) is -1.10. The molecule has 0 amide bonds. The highest BCUT2D eigenvalue weighted by Crippen LogP contribution is 2.12. The number of esters is 3. The number of unbranched alkanes of at least 4 members (excludes halogenated alkanes) is 13. The van der Waals surface area contributed by atoms with Crippen molar-refractivity contribution in [2.45, 2.75) is 207 Å². The van der Waals surface area contributed by atoms with Gasteiger partial charge >= 0.3 is 17.9 Å². The molecule has 0 aliphatic heterocycles. The third-order valence-corrected chi connectivity index (χ3v) is 9.77. The summed E-state index contributed by atoms with van der Waals surface area (Å²) in [4.78, 5) is 37.8. The minimum atomic E-state index is -0.835. The molecule has 0 rings (SSSR count). The normalized spacial score (nSPS) is 13.0. The lowest BCUT2D eigenvalue weighted by molar-refractivity contribution is -0.166. The summed E-state index contributed by atoms with van der Waals surface area (Å²) < 4.78 is 16.6. The molecule has 0 aliphatic rings. The van der Waals surface area contributed by atoms with Gasteiger partial charge in [0.15, 0.2) is 6.10 Å². The van der Waals surface area contributed by atoms with E-state index >= 15 is 0 Å². The third kappa shape index (κ3) is 47.0. The van der Waals surface area contributed by atoms with Gasteiger partial charge in [-0.2, -0.15) is 0 Å². The largest absolute Gasteiger partial charge is 0.462 e. The van der Waals surface area contributed by atoms with E-state index in [0.717, 1.165) is 89.9 Å². The molecule has 0 aromatic rings. The van der Waals surface area contributed by atoms with Crippen LogP contribution in [0.2, 0.25) is 0 Å². The fraction of sp³-hybridized carbons (Fsp3) is 0.618. The van der Waals surface area contributed by atoms with E-state index in [1.807, 2.05) is 18.2 Å². The second-order valence-electron chi connectivity index (χ2n) is 15.6. The van der Waals surface area contributed by atoms with Crippen molar-refractivity contribution < 1.29 is 28.6 Å². The fourth-order valence-electron chi connectivity index (χ4n) is 6.17. The number of carbonyl (C=O) groups is 3. The van der Waals surface area contributed by atoms with Gasteiger partial charge in [0.25, 0.3) is 0 Å². The van der Waals surface area contributed by atoms with Crippen LogP contribution in [0.4, 0.5) is 0 Å². The Hall–Kier alpha value is -3.93. The van der Waals surface area contributed by atoms with Crippen molar-refractivity contribution in [1.82, 2.24) is 0 Å². The van der Waals surface area contributed by atoms with Gasteiger partial charge < -0.3 is 14.2 Å². The average Bonchev–Trinajstić information content (AvgIpc) is 3.26. The van der Waals surface area contributed by atoms with Gasteiger partial charge in [0.05, 0.1) is 0 Å². The Morgan fingerprint density at radius 2 is 0.672 bits per heavy atom. The second kappa shape index (κ2) is 48.7. The molecule has 6 heteroatoms. The highest BCUT2D eigenvalue weighted by molar-refractivity contribution is 5.71. The molecular formula is C55H88O6. The van der Waals surface area contributed by atoms with Crippen molar-refractivity contribution >= 4 is 17.9 Å². The Labute approximate surface area is 374 Å². The summed E-state index contributed by atoms with van der Waals surface area (Å²) in [7, 11) is 0. The number of carbonyl (C=O) groups excluding carboxylic acids is 3. The van der Waals surface area contributed by atoms with Gasteiger partial charge in [-0.25, -0.2) is 0 Å². The van der Waals surface area contributed by atoms with Crippen LogP contribution in [0.1, 0.15) is 201 Å². The zero-order valence-electron chi connectivity index (χ0n) is 39.1. The van der Waals surface area contributed by atoms with E-state index in [4.69, 9.17) is 14.2 Å². The van der Waals surface area contributed by atoms with E-state index in [2.05, 4.69) is 112 Å². The summed E-state index contributed by atoms with van der Waals surface area (Å²) >= 11 is 0. The standard InChI is InChI=1S/C55H88O6/c1-4-7-10-13-16-19-22-25-27-28-31-33-36-39-42-45-48-54(57)60-51-52(50-59-53(56)47-44-41-38-35-32-29-24-21-18-15-12-9-6-3)61-55(58)49-46-43-40-37-34-30-26-23-20-17-14-11-8-5-2/h7-8,10-11,16-17,19-20,25,27,29,31-33,38-39,41-42,52H,4-6,9,12-15,18,21-24,26,28,30,34-37,40,43-51H2,1-3H3/b10-7-,11-8-,19-16-,20-17-,27-25-,32-29-,33-31-,41-38-,42-39-. The predicted octanol–water partition coefficient (Wildman–Crippen LogP) is 16.0. The molecule has 0 heterocycles. The van der Waals surface area contributed by atoms with E-state index in [9.17, 15) is 14.4 Å². The molecule has 0 N–H and O–H groups in total. The number of allylic oxidation sites excluding steroid dienone is 18. The number of hydrogen-bond acceptors (Lipinski definition) is 6. The van der Waals surface area contributed by atoms with Gasteiger partial charge in [0, 0.05) is 19.3 Å². The van der Waals surface area contributed by atoms with E-state index in [-0.39, 0.29) is 50.4 Å². The zero-order valence-corrected chi connectivity index (χ0v) is 39.1. The fourth-order valence-corrected chi connectivity index (χ4v) is 6.17. The summed E-state index contributed by atoms with van der Waals surface area (Å²) in [6.07, 6.45) is 65.2. The topological polar surface area (TPSA) is 78.9 Å². The molecule has 0 saturated carbocycles. The highest BCUT2D eigenvalue weighted by Gasteiger charge is 2.19. The van der Waals surface area contributed by atoms with Crippen LogP contribution < -0.4 is 0 Å². The van der Waals surface area contributed by atoms with Crippen LogP contribution >= 0.6 is 0 Å². The minimum Gasteiger partial charge on any atom is -0.462 e. The smallest absolute Gasteiger partial charge is 0.306 e. The maximum absolute atomic E-state index is 12.8. The molecule has 0 aliphatic carbocycles. The first-order valence-corrected chi connectivity index (χ1v) is 24.4. The lowest BCUT2D eigenvalue weighted by atomic mass is 10.1. The molecule has 0 aromatic heterocycles. The molecule has 61 heavy (non-hydrogen) atoms. The van der Waals surface area contributed by atoms with Crippen LogP contribution in [-0.2, 0) is 28.6 Å². The molecule has 0 aromatic carbocycles. The molecular weight excluding hydrogens is 757 g/mol. The lowest BCUT2D eigenvalue weighted by Gasteiger charge is -2.18. The highest BCUT2D eigenvalue weighted by atomic mass is 16.6. The third-order valence-electron chi connectivity index (χ3n) is 9.77. The van der Waals surface area contributed by atoms with Crippen molar-refractivity contribution in [2.75, 3.05) is 13.2 Å². The van der Waals surface area contributed by atoms with Crippen LogP contribution in [0.5, 0.6) is 0 Å². The van der Waals surface area contributed by atoms with Gasteiger partial charge in [-0.3, -0.25) is 14.4 Å². The summed E-state index contributed by atoms with van der Waals surface area (Å²) in [6.45, 7) is 6.26. The van der Waals surface area contributed by atoms with Crippen LogP contribution in [-0.4, -0.2) is 37.2 Å². The minimum absolute atomic E-state index is 0.137. The van der Waals surface area contributed by atoms with Crippen molar-refractivity contribution in [1.29, 1.82) is 0 Å². The Kier molecular flexibility index (Phi) is 45.6. The number of rotatable bonds is 42. The zero-order chi connectivity index (χ0) is 44.4. The van der Waals surface area contributed by atoms with Gasteiger partial charge in [-0.05, 0) is 96.3 Å². The molecule has 1 unspecified atom stereocenters. The molecule has 0 radical (unpaired) electrons. The quantitative estimate of drug-likeness (QED) is 0.0264.